The van der Waals surface area contributed by atoms with Gasteiger partial charge in [-0.3, -0.25) is 4.79 Å². The summed E-state index contributed by atoms with van der Waals surface area (Å²) in [5.74, 6) is 1.42. The Labute approximate surface area is 135 Å². The van der Waals surface area contributed by atoms with Crippen LogP contribution in [0.2, 0.25) is 5.02 Å². The lowest BCUT2D eigenvalue weighted by Crippen LogP contribution is -2.34. The molecule has 114 valence electrons. The predicted octanol–water partition coefficient (Wildman–Crippen LogP) is 2.94. The molecule has 1 saturated carbocycles. The predicted molar refractivity (Wildman–Crippen MR) is 87.8 cm³/mol. The highest BCUT2D eigenvalue weighted by molar-refractivity contribution is 7.99. The van der Waals surface area contributed by atoms with Crippen molar-refractivity contribution in [1.29, 1.82) is 0 Å². The van der Waals surface area contributed by atoms with E-state index in [-0.39, 0.29) is 11.8 Å². The first-order valence-corrected chi connectivity index (χ1v) is 8.93. The van der Waals surface area contributed by atoms with Crippen molar-refractivity contribution in [3.63, 3.8) is 0 Å². The molecule has 1 aromatic carbocycles. The van der Waals surface area contributed by atoms with Crippen LogP contribution in [0.25, 0.3) is 0 Å². The van der Waals surface area contributed by atoms with E-state index in [9.17, 15) is 4.79 Å². The van der Waals surface area contributed by atoms with Crippen molar-refractivity contribution >= 4 is 29.3 Å². The minimum absolute atomic E-state index is 0.258. The highest BCUT2D eigenvalue weighted by Crippen LogP contribution is 2.58. The minimum Gasteiger partial charge on any atom is -0.355 e. The van der Waals surface area contributed by atoms with Crippen LogP contribution in [0.3, 0.4) is 0 Å². The van der Waals surface area contributed by atoms with E-state index in [1.54, 1.807) is 11.8 Å². The van der Waals surface area contributed by atoms with E-state index in [1.165, 1.54) is 4.90 Å². The fourth-order valence-corrected chi connectivity index (χ4v) is 4.09. The number of carbonyl (C=O) groups excluding carboxylic acids is 1. The van der Waals surface area contributed by atoms with Crippen LogP contribution in [0, 0.1) is 11.3 Å². The molecule has 1 aliphatic heterocycles. The number of amides is 1. The van der Waals surface area contributed by atoms with Crippen LogP contribution in [0.1, 0.15) is 19.3 Å². The SMILES string of the molecule is O=C(NCCSc1ccc(Cl)cc1)[C@@H]1CC12CCNCC2. The van der Waals surface area contributed by atoms with Gasteiger partial charge in [-0.1, -0.05) is 11.6 Å². The van der Waals surface area contributed by atoms with Crippen LogP contribution >= 0.6 is 23.4 Å². The van der Waals surface area contributed by atoms with Gasteiger partial charge in [0.05, 0.1) is 0 Å². The van der Waals surface area contributed by atoms with E-state index in [4.69, 9.17) is 11.6 Å². The van der Waals surface area contributed by atoms with Gasteiger partial charge in [0, 0.05) is 28.1 Å². The van der Waals surface area contributed by atoms with Gasteiger partial charge in [0.1, 0.15) is 0 Å². The second-order valence-electron chi connectivity index (χ2n) is 5.96. The Balaban J connectivity index is 1.36. The molecule has 1 saturated heterocycles. The number of rotatable bonds is 5. The van der Waals surface area contributed by atoms with Gasteiger partial charge in [-0.15, -0.1) is 11.8 Å². The molecule has 3 rings (SSSR count). The molecule has 0 radical (unpaired) electrons. The molecular weight excluding hydrogens is 304 g/mol. The monoisotopic (exact) mass is 324 g/mol. The summed E-state index contributed by atoms with van der Waals surface area (Å²) in [7, 11) is 0. The molecule has 2 N–H and O–H groups in total. The number of halogens is 1. The van der Waals surface area contributed by atoms with Crippen LogP contribution < -0.4 is 10.6 Å². The number of piperidine rings is 1. The summed E-state index contributed by atoms with van der Waals surface area (Å²) >= 11 is 7.60. The van der Waals surface area contributed by atoms with Crippen LogP contribution in [0.4, 0.5) is 0 Å². The molecule has 1 aromatic rings. The summed E-state index contributed by atoms with van der Waals surface area (Å²) < 4.78 is 0. The maximum Gasteiger partial charge on any atom is 0.223 e. The van der Waals surface area contributed by atoms with Gasteiger partial charge in [-0.2, -0.15) is 0 Å². The first kappa shape index (κ1) is 15.2. The third-order valence-corrected chi connectivity index (χ3v) is 5.85. The van der Waals surface area contributed by atoms with E-state index < -0.39 is 0 Å². The first-order chi connectivity index (χ1) is 10.2. The zero-order valence-electron chi connectivity index (χ0n) is 12.0. The maximum absolute atomic E-state index is 12.2. The molecule has 2 fully saturated rings. The third-order valence-electron chi connectivity index (χ3n) is 4.59. The molecule has 5 heteroatoms. The van der Waals surface area contributed by atoms with E-state index in [0.717, 1.165) is 49.7 Å². The van der Waals surface area contributed by atoms with Gasteiger partial charge < -0.3 is 10.6 Å². The summed E-state index contributed by atoms with van der Waals surface area (Å²) in [5.41, 5.74) is 0.332. The summed E-state index contributed by atoms with van der Waals surface area (Å²) in [6.45, 7) is 2.86. The van der Waals surface area contributed by atoms with Crippen molar-refractivity contribution in [3.8, 4) is 0 Å². The average molecular weight is 325 g/mol. The molecule has 1 aliphatic carbocycles. The lowest BCUT2D eigenvalue weighted by Gasteiger charge is -2.23. The summed E-state index contributed by atoms with van der Waals surface area (Å²) in [5, 5.41) is 7.22. The van der Waals surface area contributed by atoms with Gasteiger partial charge >= 0.3 is 0 Å². The Morgan fingerprint density at radius 2 is 2.05 bits per heavy atom. The molecule has 2 aliphatic rings. The van der Waals surface area contributed by atoms with Crippen LogP contribution in [0.15, 0.2) is 29.2 Å². The second kappa shape index (κ2) is 6.59. The first-order valence-electron chi connectivity index (χ1n) is 7.56. The molecule has 1 atom stereocenters. The van der Waals surface area contributed by atoms with E-state index in [1.807, 2.05) is 24.3 Å². The molecule has 0 unspecified atom stereocenters. The number of benzene rings is 1. The highest BCUT2D eigenvalue weighted by Gasteiger charge is 2.57. The Kier molecular flexibility index (Phi) is 4.77. The molecule has 21 heavy (non-hydrogen) atoms. The average Bonchev–Trinajstić information content (AvgIpc) is 3.19. The van der Waals surface area contributed by atoms with Crippen molar-refractivity contribution in [2.45, 2.75) is 24.2 Å². The zero-order valence-corrected chi connectivity index (χ0v) is 13.6. The largest absolute Gasteiger partial charge is 0.355 e. The standard InChI is InChI=1S/C16H21ClN2OS/c17-12-1-3-13(4-2-12)21-10-9-19-15(20)14-11-16(14)5-7-18-8-6-16/h1-4,14,18H,5-11H2,(H,19,20)/t14-/m0/s1. The smallest absolute Gasteiger partial charge is 0.223 e. The Hall–Kier alpha value is -0.710. The molecule has 0 bridgehead atoms. The van der Waals surface area contributed by atoms with Crippen molar-refractivity contribution in [2.75, 3.05) is 25.4 Å². The second-order valence-corrected chi connectivity index (χ2v) is 7.57. The summed E-state index contributed by atoms with van der Waals surface area (Å²) in [4.78, 5) is 13.4. The van der Waals surface area contributed by atoms with Crippen molar-refractivity contribution in [2.24, 2.45) is 11.3 Å². The summed E-state index contributed by atoms with van der Waals surface area (Å²) in [6.07, 6.45) is 3.40. The van der Waals surface area contributed by atoms with Crippen LogP contribution in [-0.2, 0) is 4.79 Å². The minimum atomic E-state index is 0.258. The molecule has 1 spiro atoms. The molecule has 1 amide bonds. The van der Waals surface area contributed by atoms with Crippen molar-refractivity contribution in [1.82, 2.24) is 10.6 Å². The molecule has 1 heterocycles. The fraction of sp³-hybridized carbons (Fsp3) is 0.562. The number of nitrogens with one attached hydrogen (secondary N) is 2. The van der Waals surface area contributed by atoms with Gasteiger partial charge in [-0.25, -0.2) is 0 Å². The topological polar surface area (TPSA) is 41.1 Å². The normalized spacial score (nSPS) is 23.0. The Morgan fingerprint density at radius 1 is 1.33 bits per heavy atom. The molecule has 3 nitrogen and oxygen atoms in total. The van der Waals surface area contributed by atoms with Gasteiger partial charge in [0.25, 0.3) is 0 Å². The van der Waals surface area contributed by atoms with Gasteiger partial charge in [-0.05, 0) is 62.0 Å². The van der Waals surface area contributed by atoms with Crippen LogP contribution in [-0.4, -0.2) is 31.3 Å². The lowest BCUT2D eigenvalue weighted by molar-refractivity contribution is -0.123. The molecule has 0 aromatic heterocycles. The quantitative estimate of drug-likeness (QED) is 0.646. The number of carbonyl (C=O) groups is 1. The van der Waals surface area contributed by atoms with Gasteiger partial charge in [0.15, 0.2) is 0 Å². The Bertz CT molecular complexity index is 500. The zero-order chi connectivity index (χ0) is 14.7. The van der Waals surface area contributed by atoms with Gasteiger partial charge in [0.2, 0.25) is 5.91 Å². The van der Waals surface area contributed by atoms with Crippen LogP contribution in [0.5, 0.6) is 0 Å². The third kappa shape index (κ3) is 3.74. The van der Waals surface area contributed by atoms with Crippen molar-refractivity contribution < 1.29 is 4.79 Å². The van der Waals surface area contributed by atoms with E-state index >= 15 is 0 Å². The van der Waals surface area contributed by atoms with Crippen molar-refractivity contribution in [3.05, 3.63) is 29.3 Å². The highest BCUT2D eigenvalue weighted by atomic mass is 35.5. The Morgan fingerprint density at radius 3 is 2.76 bits per heavy atom. The van der Waals surface area contributed by atoms with E-state index in [0.29, 0.717) is 5.41 Å². The number of hydrogen-bond donors (Lipinski definition) is 2. The summed E-state index contributed by atoms with van der Waals surface area (Å²) in [6, 6.07) is 7.82. The molecular formula is C16H21ClN2OS. The number of thioether (sulfide) groups is 1. The fourth-order valence-electron chi connectivity index (χ4n) is 3.19. The number of hydrogen-bond acceptors (Lipinski definition) is 3. The lowest BCUT2D eigenvalue weighted by atomic mass is 9.92. The maximum atomic E-state index is 12.2. The van der Waals surface area contributed by atoms with E-state index in [2.05, 4.69) is 10.6 Å².